The average molecular weight is 516 g/mol. The van der Waals surface area contributed by atoms with Gasteiger partial charge in [0, 0.05) is 31.0 Å². The maximum absolute atomic E-state index is 12.1. The van der Waals surface area contributed by atoms with Gasteiger partial charge in [0.05, 0.1) is 60.7 Å². The first-order valence-corrected chi connectivity index (χ1v) is 12.8. The monoisotopic (exact) mass is 515 g/mol. The second-order valence-corrected chi connectivity index (χ2v) is 9.35. The molecule has 5 heterocycles. The molecule has 0 aliphatic carbocycles. The van der Waals surface area contributed by atoms with Crippen molar-refractivity contribution in [2.24, 2.45) is 7.05 Å². The molecule has 1 unspecified atom stereocenters. The van der Waals surface area contributed by atoms with Gasteiger partial charge in [-0.05, 0) is 49.6 Å². The Morgan fingerprint density at radius 2 is 1.95 bits per heavy atom. The van der Waals surface area contributed by atoms with Crippen molar-refractivity contribution >= 4 is 29.0 Å². The lowest BCUT2D eigenvalue weighted by Gasteiger charge is -2.23. The fourth-order valence-electron chi connectivity index (χ4n) is 4.86. The van der Waals surface area contributed by atoms with Crippen LogP contribution in [0.5, 0.6) is 11.6 Å². The molecule has 0 spiro atoms. The Bertz CT molecular complexity index is 1520. The Balaban J connectivity index is 1.50. The van der Waals surface area contributed by atoms with Crippen LogP contribution in [0.4, 0.5) is 0 Å². The second-order valence-electron chi connectivity index (χ2n) is 9.35. The molecular formula is C28H29N5O5. The van der Waals surface area contributed by atoms with Crippen molar-refractivity contribution in [3.8, 4) is 22.9 Å². The summed E-state index contributed by atoms with van der Waals surface area (Å²) in [4.78, 5) is 16.9. The maximum atomic E-state index is 12.1. The summed E-state index contributed by atoms with van der Waals surface area (Å²) in [7, 11) is 3.21. The molecule has 0 saturated carbocycles. The van der Waals surface area contributed by atoms with Crippen LogP contribution in [0.2, 0.25) is 0 Å². The van der Waals surface area contributed by atoms with Gasteiger partial charge in [0.15, 0.2) is 6.23 Å². The van der Waals surface area contributed by atoms with E-state index in [9.17, 15) is 4.79 Å². The Morgan fingerprint density at radius 1 is 1.05 bits per heavy atom. The molecule has 2 aliphatic rings. The fraction of sp³-hybridized carbons (Fsp3) is 0.357. The first-order valence-electron chi connectivity index (χ1n) is 12.8. The number of hydrogen-bond donors (Lipinski definition) is 0. The minimum atomic E-state index is -0.416. The van der Waals surface area contributed by atoms with Crippen LogP contribution < -0.4 is 9.47 Å². The minimum Gasteiger partial charge on any atom is -0.493 e. The highest BCUT2D eigenvalue weighted by molar-refractivity contribution is 5.93. The quantitative estimate of drug-likeness (QED) is 0.356. The number of hydrogen-bond acceptors (Lipinski definition) is 8. The van der Waals surface area contributed by atoms with E-state index >= 15 is 0 Å². The van der Waals surface area contributed by atoms with E-state index in [0.717, 1.165) is 52.7 Å². The molecule has 1 fully saturated rings. The molecule has 10 heteroatoms. The molecule has 1 atom stereocenters. The van der Waals surface area contributed by atoms with Crippen LogP contribution in [-0.2, 0) is 16.5 Å². The van der Waals surface area contributed by atoms with Gasteiger partial charge in [-0.2, -0.15) is 10.2 Å². The molecule has 10 nitrogen and oxygen atoms in total. The Kier molecular flexibility index (Phi) is 6.55. The molecule has 0 N–H and O–H groups in total. The highest BCUT2D eigenvalue weighted by atomic mass is 16.5. The van der Waals surface area contributed by atoms with E-state index in [1.165, 1.54) is 7.11 Å². The zero-order valence-electron chi connectivity index (χ0n) is 21.4. The van der Waals surface area contributed by atoms with Crippen molar-refractivity contribution in [3.05, 3.63) is 53.5 Å². The van der Waals surface area contributed by atoms with Crippen molar-refractivity contribution in [2.45, 2.75) is 31.9 Å². The van der Waals surface area contributed by atoms with Gasteiger partial charge in [-0.25, -0.2) is 14.2 Å². The molecule has 4 aromatic rings. The zero-order chi connectivity index (χ0) is 26.1. The Morgan fingerprint density at radius 3 is 2.79 bits per heavy atom. The van der Waals surface area contributed by atoms with Crippen LogP contribution >= 0.6 is 0 Å². The van der Waals surface area contributed by atoms with Gasteiger partial charge in [-0.3, -0.25) is 4.98 Å². The van der Waals surface area contributed by atoms with Gasteiger partial charge in [-0.1, -0.05) is 6.07 Å². The normalized spacial score (nSPS) is 17.6. The summed E-state index contributed by atoms with van der Waals surface area (Å²) in [5.74, 6) is 0.808. The number of benzene rings is 1. The Hall–Kier alpha value is -4.18. The zero-order valence-corrected chi connectivity index (χ0v) is 21.4. The molecule has 1 aromatic carbocycles. The van der Waals surface area contributed by atoms with Gasteiger partial charge in [-0.15, -0.1) is 0 Å². The highest BCUT2D eigenvalue weighted by Gasteiger charge is 2.23. The van der Waals surface area contributed by atoms with E-state index < -0.39 is 5.97 Å². The van der Waals surface area contributed by atoms with E-state index in [1.54, 1.807) is 23.0 Å². The van der Waals surface area contributed by atoms with Crippen molar-refractivity contribution in [3.63, 3.8) is 0 Å². The van der Waals surface area contributed by atoms with Gasteiger partial charge < -0.3 is 18.9 Å². The molecule has 2 aliphatic heterocycles. The van der Waals surface area contributed by atoms with Crippen LogP contribution in [0.25, 0.3) is 34.3 Å². The van der Waals surface area contributed by atoms with Crippen molar-refractivity contribution < 1.29 is 23.7 Å². The summed E-state index contributed by atoms with van der Waals surface area (Å²) in [5.41, 5.74) is 4.50. The first kappa shape index (κ1) is 24.2. The van der Waals surface area contributed by atoms with Crippen LogP contribution in [0.3, 0.4) is 0 Å². The molecule has 6 rings (SSSR count). The smallest absolute Gasteiger partial charge is 0.337 e. The lowest BCUT2D eigenvalue weighted by atomic mass is 10.1. The molecule has 2 bridgehead atoms. The molecule has 196 valence electrons. The number of methoxy groups -OCH3 is 1. The maximum Gasteiger partial charge on any atom is 0.337 e. The Labute approximate surface area is 219 Å². The number of carbonyl (C=O) groups excluding carboxylic acids is 1. The summed E-state index contributed by atoms with van der Waals surface area (Å²) in [6.45, 7) is 1.55. The van der Waals surface area contributed by atoms with E-state index in [0.29, 0.717) is 43.4 Å². The largest absolute Gasteiger partial charge is 0.493 e. The van der Waals surface area contributed by atoms with Gasteiger partial charge in [0.1, 0.15) is 5.75 Å². The lowest BCUT2D eigenvalue weighted by Crippen LogP contribution is -2.19. The number of rotatable bonds is 2. The molecule has 0 radical (unpaired) electrons. The van der Waals surface area contributed by atoms with E-state index in [4.69, 9.17) is 29.0 Å². The molecule has 38 heavy (non-hydrogen) atoms. The average Bonchev–Trinajstić information content (AvgIpc) is 3.51. The third kappa shape index (κ3) is 4.51. The summed E-state index contributed by atoms with van der Waals surface area (Å²) in [6, 6.07) is 7.32. The topological polar surface area (TPSA) is 103 Å². The van der Waals surface area contributed by atoms with Crippen LogP contribution in [0.1, 0.15) is 53.5 Å². The van der Waals surface area contributed by atoms with Gasteiger partial charge in [0.25, 0.3) is 0 Å². The fourth-order valence-corrected chi connectivity index (χ4v) is 4.86. The number of ether oxygens (including phenoxy) is 4. The van der Waals surface area contributed by atoms with Crippen LogP contribution in [-0.4, -0.2) is 57.4 Å². The highest BCUT2D eigenvalue weighted by Crippen LogP contribution is 2.34. The number of esters is 1. The number of aromatic nitrogens is 5. The van der Waals surface area contributed by atoms with E-state index in [1.807, 2.05) is 42.2 Å². The van der Waals surface area contributed by atoms with Crippen molar-refractivity contribution in [1.82, 2.24) is 24.5 Å². The lowest BCUT2D eigenvalue weighted by molar-refractivity contribution is -0.0367. The number of nitrogens with zero attached hydrogens (tertiary/aromatic N) is 5. The standard InChI is InChI=1S/C28H29N5O5/c1-32-27-21(16-30-32)23-15-20-22(31-33(24(20)17-29-23)26-6-3-4-11-37-26)10-9-18-7-8-19(28(34)35-2)14-25(18)36-12-5-13-38-27/h7-10,14-17,26H,3-6,11-13H2,1-2H3. The van der Waals surface area contributed by atoms with E-state index in [-0.39, 0.29) is 6.23 Å². The second kappa shape index (κ2) is 10.3. The molecule has 1 saturated heterocycles. The summed E-state index contributed by atoms with van der Waals surface area (Å²) in [5, 5.41) is 10.3. The third-order valence-electron chi connectivity index (χ3n) is 6.85. The number of aryl methyl sites for hydroxylation is 1. The predicted molar refractivity (Wildman–Crippen MR) is 141 cm³/mol. The molecule has 3 aromatic heterocycles. The van der Waals surface area contributed by atoms with E-state index in [2.05, 4.69) is 5.10 Å². The number of fused-ring (bicyclic) bond motifs is 4. The number of pyridine rings is 1. The summed E-state index contributed by atoms with van der Waals surface area (Å²) >= 11 is 0. The molecule has 0 amide bonds. The van der Waals surface area contributed by atoms with Crippen LogP contribution in [0.15, 0.2) is 36.7 Å². The van der Waals surface area contributed by atoms with Gasteiger partial charge >= 0.3 is 5.97 Å². The predicted octanol–water partition coefficient (Wildman–Crippen LogP) is 4.65. The van der Waals surface area contributed by atoms with Gasteiger partial charge in [0.2, 0.25) is 5.88 Å². The summed E-state index contributed by atoms with van der Waals surface area (Å²) < 4.78 is 26.8. The van der Waals surface area contributed by atoms with Crippen LogP contribution in [0, 0.1) is 0 Å². The number of carbonyl (C=O) groups is 1. The SMILES string of the molecule is COC(=O)c1ccc2c(c1)OCCCOc1c(cnn1C)-c1cc3c(nn(C4CCCCO4)c3cn1)C=C2. The molecular weight excluding hydrogens is 486 g/mol. The van der Waals surface area contributed by atoms with Crippen molar-refractivity contribution in [2.75, 3.05) is 26.9 Å². The first-order chi connectivity index (χ1) is 18.6. The third-order valence-corrected chi connectivity index (χ3v) is 6.85. The van der Waals surface area contributed by atoms with Crippen molar-refractivity contribution in [1.29, 1.82) is 0 Å². The minimum absolute atomic E-state index is 0.137. The summed E-state index contributed by atoms with van der Waals surface area (Å²) in [6.07, 6.45) is 11.1.